The summed E-state index contributed by atoms with van der Waals surface area (Å²) in [6.45, 7) is 9.89. The lowest BCUT2D eigenvalue weighted by molar-refractivity contribution is 0.453. The number of pyridine rings is 1. The number of phenolic OH excluding ortho intramolecular Hbond substituents is 1. The largest absolute Gasteiger partial charge is 0.505 e. The molecule has 6 heteroatoms. The van der Waals surface area contributed by atoms with Gasteiger partial charge in [-0.2, -0.15) is 0 Å². The Morgan fingerprint density at radius 3 is 2.44 bits per heavy atom. The quantitative estimate of drug-likeness (QED) is 0.295. The molecular weight excluding hydrogens is 448 g/mol. The third-order valence-electron chi connectivity index (χ3n) is 6.86. The molecule has 6 rings (SSSR count). The number of nitrogens with zero attached hydrogens (tertiary/aromatic N) is 4. The predicted octanol–water partition coefficient (Wildman–Crippen LogP) is 7.16. The molecule has 0 aliphatic rings. The summed E-state index contributed by atoms with van der Waals surface area (Å²) in [6.07, 6.45) is 1.81. The summed E-state index contributed by atoms with van der Waals surface area (Å²) in [4.78, 5) is 14.0. The zero-order valence-electron chi connectivity index (χ0n) is 20.9. The minimum Gasteiger partial charge on any atom is -0.505 e. The van der Waals surface area contributed by atoms with Crippen LogP contribution in [0.25, 0.3) is 38.7 Å². The van der Waals surface area contributed by atoms with Gasteiger partial charge in [0, 0.05) is 23.0 Å². The molecule has 0 aliphatic heterocycles. The fourth-order valence-electron chi connectivity index (χ4n) is 4.90. The lowest BCUT2D eigenvalue weighted by Crippen LogP contribution is -1.99. The molecular formula is C30H26N4O2. The molecule has 3 aromatic carbocycles. The molecule has 0 saturated carbocycles. The summed E-state index contributed by atoms with van der Waals surface area (Å²) >= 11 is 0. The lowest BCUT2D eigenvalue weighted by Gasteiger charge is -2.13. The van der Waals surface area contributed by atoms with E-state index < -0.39 is 0 Å². The smallest absolute Gasteiger partial charge is 0.241 e. The highest BCUT2D eigenvalue weighted by molar-refractivity contribution is 6.11. The zero-order chi connectivity index (χ0) is 25.1. The van der Waals surface area contributed by atoms with Crippen LogP contribution in [0.15, 0.2) is 60.8 Å². The van der Waals surface area contributed by atoms with Crippen molar-refractivity contribution in [2.45, 2.75) is 34.6 Å². The molecule has 3 heterocycles. The molecule has 0 unspecified atom stereocenters. The van der Waals surface area contributed by atoms with E-state index in [0.29, 0.717) is 28.4 Å². The molecule has 0 amide bonds. The molecule has 0 spiro atoms. The molecule has 178 valence electrons. The molecule has 0 atom stereocenters. The first kappa shape index (κ1) is 22.0. The number of phenols is 1. The van der Waals surface area contributed by atoms with Gasteiger partial charge in [-0.15, -0.1) is 0 Å². The van der Waals surface area contributed by atoms with Gasteiger partial charge >= 0.3 is 0 Å². The maximum atomic E-state index is 10.7. The minimum atomic E-state index is 0.139. The summed E-state index contributed by atoms with van der Waals surface area (Å²) in [5.41, 5.74) is 7.89. The molecule has 6 aromatic rings. The van der Waals surface area contributed by atoms with Gasteiger partial charge in [0.25, 0.3) is 0 Å². The van der Waals surface area contributed by atoms with Crippen molar-refractivity contribution in [3.63, 3.8) is 0 Å². The van der Waals surface area contributed by atoms with E-state index in [4.69, 9.17) is 4.74 Å². The van der Waals surface area contributed by atoms with Crippen LogP contribution in [0, 0.1) is 34.6 Å². The lowest BCUT2D eigenvalue weighted by atomic mass is 10.1. The highest BCUT2D eigenvalue weighted by Gasteiger charge is 2.18. The molecule has 36 heavy (non-hydrogen) atoms. The van der Waals surface area contributed by atoms with Crippen molar-refractivity contribution in [3.05, 3.63) is 88.7 Å². The molecule has 1 N–H and O–H groups in total. The maximum Gasteiger partial charge on any atom is 0.241 e. The summed E-state index contributed by atoms with van der Waals surface area (Å²) < 4.78 is 8.50. The van der Waals surface area contributed by atoms with Crippen LogP contribution in [-0.2, 0) is 0 Å². The van der Waals surface area contributed by atoms with E-state index in [1.165, 1.54) is 10.9 Å². The number of fused-ring (bicyclic) bond motifs is 4. The monoisotopic (exact) mass is 474 g/mol. The number of hydrogen-bond donors (Lipinski definition) is 1. The first-order valence-corrected chi connectivity index (χ1v) is 11.9. The van der Waals surface area contributed by atoms with Crippen molar-refractivity contribution < 1.29 is 9.84 Å². The van der Waals surface area contributed by atoms with Gasteiger partial charge in [-0.25, -0.2) is 15.0 Å². The fourth-order valence-corrected chi connectivity index (χ4v) is 4.90. The van der Waals surface area contributed by atoms with Gasteiger partial charge < -0.3 is 9.84 Å². The number of ether oxygens (including phenoxy) is 1. The molecule has 0 radical (unpaired) electrons. The average molecular weight is 475 g/mol. The van der Waals surface area contributed by atoms with Crippen molar-refractivity contribution >= 4 is 32.8 Å². The van der Waals surface area contributed by atoms with E-state index in [1.54, 1.807) is 6.20 Å². The standard InChI is InChI=1S/C30H26N4O2/c1-16-9-10-22-24(12-16)34(26-8-6-7-11-31-26)25-15-21(13-18(3)27(22)25)36-30-20(5)32-23-14-17(2)19(4)29(35)28(23)33-30/h6-15,35H,1-5H3. The molecule has 0 bridgehead atoms. The van der Waals surface area contributed by atoms with Crippen LogP contribution in [0.5, 0.6) is 17.4 Å². The molecule has 6 nitrogen and oxygen atoms in total. The first-order valence-electron chi connectivity index (χ1n) is 11.9. The third-order valence-corrected chi connectivity index (χ3v) is 6.86. The molecule has 0 saturated heterocycles. The highest BCUT2D eigenvalue weighted by Crippen LogP contribution is 2.38. The van der Waals surface area contributed by atoms with Crippen LogP contribution in [0.4, 0.5) is 0 Å². The normalized spacial score (nSPS) is 11.6. The van der Waals surface area contributed by atoms with Gasteiger partial charge in [-0.3, -0.25) is 4.57 Å². The van der Waals surface area contributed by atoms with Crippen LogP contribution < -0.4 is 4.74 Å². The van der Waals surface area contributed by atoms with Gasteiger partial charge in [0.05, 0.1) is 16.6 Å². The van der Waals surface area contributed by atoms with Crippen molar-refractivity contribution in [3.8, 4) is 23.2 Å². The van der Waals surface area contributed by atoms with Crippen LogP contribution in [0.1, 0.15) is 27.9 Å². The van der Waals surface area contributed by atoms with E-state index in [0.717, 1.165) is 38.9 Å². The topological polar surface area (TPSA) is 73.1 Å². The van der Waals surface area contributed by atoms with Crippen LogP contribution in [0.3, 0.4) is 0 Å². The van der Waals surface area contributed by atoms with Gasteiger partial charge in [0.15, 0.2) is 0 Å². The molecule has 3 aromatic heterocycles. The number of hydrogen-bond acceptors (Lipinski definition) is 5. The van der Waals surface area contributed by atoms with Gasteiger partial charge in [0.1, 0.15) is 28.5 Å². The van der Waals surface area contributed by atoms with Crippen LogP contribution in [-0.4, -0.2) is 24.6 Å². The van der Waals surface area contributed by atoms with Crippen molar-refractivity contribution in [1.29, 1.82) is 0 Å². The number of benzene rings is 3. The summed E-state index contributed by atoms with van der Waals surface area (Å²) in [5, 5.41) is 13.0. The van der Waals surface area contributed by atoms with E-state index in [1.807, 2.05) is 57.2 Å². The maximum absolute atomic E-state index is 10.7. The third kappa shape index (κ3) is 3.37. The van der Waals surface area contributed by atoms with Gasteiger partial charge in [0.2, 0.25) is 5.88 Å². The Morgan fingerprint density at radius 1 is 0.833 bits per heavy atom. The molecule has 0 fully saturated rings. The minimum absolute atomic E-state index is 0.139. The Labute approximate surface area is 208 Å². The van der Waals surface area contributed by atoms with E-state index in [2.05, 4.69) is 51.6 Å². The second-order valence-electron chi connectivity index (χ2n) is 9.43. The van der Waals surface area contributed by atoms with E-state index in [9.17, 15) is 5.11 Å². The summed E-state index contributed by atoms with van der Waals surface area (Å²) in [6, 6.07) is 18.4. The van der Waals surface area contributed by atoms with Crippen molar-refractivity contribution in [1.82, 2.24) is 19.5 Å². The Morgan fingerprint density at radius 2 is 1.67 bits per heavy atom. The number of rotatable bonds is 3. The average Bonchev–Trinajstić information content (AvgIpc) is 3.18. The van der Waals surface area contributed by atoms with E-state index >= 15 is 0 Å². The van der Waals surface area contributed by atoms with Gasteiger partial charge in [-0.1, -0.05) is 18.2 Å². The first-order chi connectivity index (χ1) is 17.3. The number of aromatic nitrogens is 4. The van der Waals surface area contributed by atoms with Crippen molar-refractivity contribution in [2.24, 2.45) is 0 Å². The van der Waals surface area contributed by atoms with E-state index in [-0.39, 0.29) is 5.75 Å². The second-order valence-corrected chi connectivity index (χ2v) is 9.43. The summed E-state index contributed by atoms with van der Waals surface area (Å²) in [5.74, 6) is 2.00. The Kier molecular flexibility index (Phi) is 4.93. The van der Waals surface area contributed by atoms with Crippen LogP contribution >= 0.6 is 0 Å². The zero-order valence-corrected chi connectivity index (χ0v) is 20.9. The Balaban J connectivity index is 1.57. The Bertz CT molecular complexity index is 1820. The summed E-state index contributed by atoms with van der Waals surface area (Å²) in [7, 11) is 0. The predicted molar refractivity (Wildman–Crippen MR) is 144 cm³/mol. The second kappa shape index (κ2) is 8.05. The fraction of sp³-hybridized carbons (Fsp3) is 0.167. The molecule has 0 aliphatic carbocycles. The highest BCUT2D eigenvalue weighted by atomic mass is 16.5. The number of aromatic hydroxyl groups is 1. The SMILES string of the molecule is Cc1ccc2c3c(C)cc(Oc4nc5c(O)c(C)c(C)cc5nc4C)cc3n(-c3ccccn3)c2c1. The van der Waals surface area contributed by atoms with Crippen molar-refractivity contribution in [2.75, 3.05) is 0 Å². The van der Waals surface area contributed by atoms with Crippen LogP contribution in [0.2, 0.25) is 0 Å². The Hall–Kier alpha value is -4.45. The number of aryl methyl sites for hydroxylation is 4. The van der Waals surface area contributed by atoms with Gasteiger partial charge in [-0.05, 0) is 87.2 Å².